The summed E-state index contributed by atoms with van der Waals surface area (Å²) < 4.78 is 13.9. The van der Waals surface area contributed by atoms with E-state index in [0.717, 1.165) is 0 Å². The molecule has 0 unspecified atom stereocenters. The molecule has 0 spiro atoms. The maximum absolute atomic E-state index is 13.9. The first-order chi connectivity index (χ1) is 7.84. The molecule has 5 heteroatoms. The Balaban J connectivity index is 3.16. The van der Waals surface area contributed by atoms with Crippen LogP contribution in [0.1, 0.15) is 41.4 Å². The van der Waals surface area contributed by atoms with Gasteiger partial charge < -0.3 is 10.4 Å². The van der Waals surface area contributed by atoms with Crippen molar-refractivity contribution in [1.29, 1.82) is 0 Å². The molecule has 0 aromatic heterocycles. The molecule has 0 radical (unpaired) electrons. The van der Waals surface area contributed by atoms with Gasteiger partial charge in [0.25, 0.3) is 0 Å². The highest BCUT2D eigenvalue weighted by Gasteiger charge is 2.18. The zero-order valence-electron chi connectivity index (χ0n) is 9.87. The minimum absolute atomic E-state index is 0.0683. The average molecular weight is 239 g/mol. The van der Waals surface area contributed by atoms with Crippen LogP contribution in [0.5, 0.6) is 0 Å². The van der Waals surface area contributed by atoms with E-state index >= 15 is 0 Å². The number of carbonyl (C=O) groups is 2. The van der Waals surface area contributed by atoms with Crippen LogP contribution in [-0.2, 0) is 4.79 Å². The van der Waals surface area contributed by atoms with Gasteiger partial charge in [0.05, 0.1) is 11.6 Å². The number of carboxylic acid groups (broad SMARTS) is 1. The Hall–Kier alpha value is -1.91. The van der Waals surface area contributed by atoms with Crippen LogP contribution in [0, 0.1) is 12.7 Å². The normalized spacial score (nSPS) is 12.0. The first-order valence-corrected chi connectivity index (χ1v) is 5.14. The summed E-state index contributed by atoms with van der Waals surface area (Å²) in [5, 5.41) is 11.4. The third-order valence-electron chi connectivity index (χ3n) is 2.53. The third kappa shape index (κ3) is 2.81. The molecule has 0 aliphatic carbocycles. The number of nitrogens with one attached hydrogen (secondary N) is 1. The summed E-state index contributed by atoms with van der Waals surface area (Å²) in [6.45, 7) is 4.38. The number of hydrogen-bond donors (Lipinski definition) is 2. The molecule has 1 rings (SSSR count). The Bertz CT molecular complexity index is 471. The maximum Gasteiger partial charge on any atom is 0.336 e. The largest absolute Gasteiger partial charge is 0.478 e. The molecule has 1 aromatic rings. The molecule has 92 valence electrons. The zero-order chi connectivity index (χ0) is 13.2. The molecule has 0 aliphatic heterocycles. The van der Waals surface area contributed by atoms with Crippen molar-refractivity contribution < 1.29 is 19.1 Å². The van der Waals surface area contributed by atoms with Crippen molar-refractivity contribution in [3.8, 4) is 0 Å². The maximum atomic E-state index is 13.9. The first kappa shape index (κ1) is 13.2. The number of benzene rings is 1. The van der Waals surface area contributed by atoms with Gasteiger partial charge in [0.2, 0.25) is 5.91 Å². The minimum Gasteiger partial charge on any atom is -0.478 e. The Labute approximate surface area is 98.5 Å². The molecular formula is C12H14FNO3. The Morgan fingerprint density at radius 3 is 2.47 bits per heavy atom. The van der Waals surface area contributed by atoms with Gasteiger partial charge in [-0.1, -0.05) is 6.07 Å². The number of carboxylic acids is 1. The quantitative estimate of drug-likeness (QED) is 0.848. The smallest absolute Gasteiger partial charge is 0.336 e. The van der Waals surface area contributed by atoms with Crippen molar-refractivity contribution >= 4 is 11.9 Å². The van der Waals surface area contributed by atoms with Crippen LogP contribution in [0.4, 0.5) is 4.39 Å². The molecule has 1 amide bonds. The lowest BCUT2D eigenvalue weighted by Crippen LogP contribution is -2.24. The van der Waals surface area contributed by atoms with Gasteiger partial charge in [-0.25, -0.2) is 9.18 Å². The number of carbonyl (C=O) groups excluding carboxylic acids is 1. The molecule has 17 heavy (non-hydrogen) atoms. The highest BCUT2D eigenvalue weighted by Crippen LogP contribution is 2.22. The summed E-state index contributed by atoms with van der Waals surface area (Å²) >= 11 is 0. The first-order valence-electron chi connectivity index (χ1n) is 5.14. The molecule has 0 bridgehead atoms. The van der Waals surface area contributed by atoms with Crippen molar-refractivity contribution in [2.75, 3.05) is 0 Å². The summed E-state index contributed by atoms with van der Waals surface area (Å²) in [6.07, 6.45) is 0. The van der Waals surface area contributed by atoms with E-state index in [1.54, 1.807) is 6.92 Å². The molecule has 0 fully saturated rings. The number of rotatable bonds is 3. The summed E-state index contributed by atoms with van der Waals surface area (Å²) in [7, 11) is 0. The van der Waals surface area contributed by atoms with Crippen molar-refractivity contribution in [2.24, 2.45) is 0 Å². The van der Waals surface area contributed by atoms with Gasteiger partial charge in [-0.05, 0) is 25.5 Å². The number of amides is 1. The fourth-order valence-corrected chi connectivity index (χ4v) is 1.65. The van der Waals surface area contributed by atoms with E-state index in [1.807, 2.05) is 0 Å². The lowest BCUT2D eigenvalue weighted by Gasteiger charge is -2.15. The topological polar surface area (TPSA) is 66.4 Å². The van der Waals surface area contributed by atoms with Crippen molar-refractivity contribution in [1.82, 2.24) is 5.32 Å². The monoisotopic (exact) mass is 239 g/mol. The Morgan fingerprint density at radius 2 is 2.00 bits per heavy atom. The van der Waals surface area contributed by atoms with Crippen LogP contribution >= 0.6 is 0 Å². The summed E-state index contributed by atoms with van der Waals surface area (Å²) in [6, 6.07) is 2.23. The molecule has 1 atom stereocenters. The van der Waals surface area contributed by atoms with Crippen molar-refractivity contribution in [3.63, 3.8) is 0 Å². The van der Waals surface area contributed by atoms with Gasteiger partial charge in [-0.3, -0.25) is 4.79 Å². The second-order valence-electron chi connectivity index (χ2n) is 3.87. The lowest BCUT2D eigenvalue weighted by molar-refractivity contribution is -0.119. The summed E-state index contributed by atoms with van der Waals surface area (Å²) in [4.78, 5) is 21.7. The molecular weight excluding hydrogens is 225 g/mol. The van der Waals surface area contributed by atoms with E-state index in [1.165, 1.54) is 26.0 Å². The zero-order valence-corrected chi connectivity index (χ0v) is 9.87. The van der Waals surface area contributed by atoms with Crippen LogP contribution in [0.15, 0.2) is 12.1 Å². The molecule has 0 saturated heterocycles. The summed E-state index contributed by atoms with van der Waals surface area (Å²) in [5.41, 5.74) is 0.288. The van der Waals surface area contributed by atoms with Crippen LogP contribution in [0.3, 0.4) is 0 Å². The Kier molecular flexibility index (Phi) is 3.83. The van der Waals surface area contributed by atoms with Crippen molar-refractivity contribution in [2.45, 2.75) is 26.8 Å². The van der Waals surface area contributed by atoms with Crippen LogP contribution < -0.4 is 5.32 Å². The van der Waals surface area contributed by atoms with Crippen molar-refractivity contribution in [3.05, 3.63) is 34.6 Å². The van der Waals surface area contributed by atoms with E-state index in [2.05, 4.69) is 5.32 Å². The van der Waals surface area contributed by atoms with Crippen LogP contribution in [0.25, 0.3) is 0 Å². The van der Waals surface area contributed by atoms with E-state index in [9.17, 15) is 14.0 Å². The van der Waals surface area contributed by atoms with Crippen LogP contribution in [0.2, 0.25) is 0 Å². The van der Waals surface area contributed by atoms with Gasteiger partial charge in [-0.2, -0.15) is 0 Å². The average Bonchev–Trinajstić information content (AvgIpc) is 2.20. The molecule has 0 heterocycles. The predicted molar refractivity (Wildman–Crippen MR) is 60.3 cm³/mol. The van der Waals surface area contributed by atoms with Gasteiger partial charge in [-0.15, -0.1) is 0 Å². The lowest BCUT2D eigenvalue weighted by atomic mass is 10.00. The number of halogens is 1. The summed E-state index contributed by atoms with van der Waals surface area (Å²) in [5.74, 6) is -2.02. The van der Waals surface area contributed by atoms with E-state index < -0.39 is 17.8 Å². The molecule has 4 nitrogen and oxygen atoms in total. The standard InChI is InChI=1S/C12H14FNO3/c1-6-9(12(16)17)4-5-10(11(6)13)7(2)14-8(3)15/h4-5,7H,1-3H3,(H,14,15)(H,16,17)/t7-/m0/s1. The van der Waals surface area contributed by atoms with E-state index in [-0.39, 0.29) is 22.6 Å². The molecule has 2 N–H and O–H groups in total. The fraction of sp³-hybridized carbons (Fsp3) is 0.333. The Morgan fingerprint density at radius 1 is 1.41 bits per heavy atom. The highest BCUT2D eigenvalue weighted by molar-refractivity contribution is 5.89. The van der Waals surface area contributed by atoms with E-state index in [0.29, 0.717) is 0 Å². The van der Waals surface area contributed by atoms with Gasteiger partial charge in [0, 0.05) is 12.5 Å². The van der Waals surface area contributed by atoms with Gasteiger partial charge in [0.15, 0.2) is 0 Å². The fourth-order valence-electron chi connectivity index (χ4n) is 1.65. The minimum atomic E-state index is -1.17. The number of hydrogen-bond acceptors (Lipinski definition) is 2. The molecule has 0 aliphatic rings. The van der Waals surface area contributed by atoms with Crippen LogP contribution in [-0.4, -0.2) is 17.0 Å². The number of aromatic carboxylic acids is 1. The predicted octanol–water partition coefficient (Wildman–Crippen LogP) is 2.03. The molecule has 1 aromatic carbocycles. The van der Waals surface area contributed by atoms with E-state index in [4.69, 9.17) is 5.11 Å². The van der Waals surface area contributed by atoms with Gasteiger partial charge >= 0.3 is 5.97 Å². The molecule has 0 saturated carbocycles. The second-order valence-corrected chi connectivity index (χ2v) is 3.87. The van der Waals surface area contributed by atoms with Gasteiger partial charge in [0.1, 0.15) is 5.82 Å². The highest BCUT2D eigenvalue weighted by atomic mass is 19.1. The second kappa shape index (κ2) is 4.95. The third-order valence-corrected chi connectivity index (χ3v) is 2.53. The SMILES string of the molecule is CC(=O)N[C@@H](C)c1ccc(C(=O)O)c(C)c1F.